The van der Waals surface area contributed by atoms with Crippen LogP contribution in [-0.4, -0.2) is 30.4 Å². The number of aromatic nitrogens is 1. The lowest BCUT2D eigenvalue weighted by Crippen LogP contribution is -2.40. The molecule has 12 heteroatoms. The monoisotopic (exact) mass is 827 g/mol. The van der Waals surface area contributed by atoms with Crippen LogP contribution in [0.25, 0.3) is 6.08 Å². The molecule has 242 valence electrons. The normalized spacial score (nSPS) is 14.4. The number of nitriles is 1. The van der Waals surface area contributed by atoms with E-state index in [0.717, 1.165) is 19.2 Å². The first-order chi connectivity index (χ1) is 22.5. The van der Waals surface area contributed by atoms with Crippen LogP contribution in [0.3, 0.4) is 0 Å². The summed E-state index contributed by atoms with van der Waals surface area (Å²) in [5, 5.41) is 9.04. The van der Waals surface area contributed by atoms with Gasteiger partial charge in [0.2, 0.25) is 0 Å². The Balaban J connectivity index is 1.56. The zero-order valence-corrected chi connectivity index (χ0v) is 30.9. The van der Waals surface area contributed by atoms with Crippen molar-refractivity contribution in [2.75, 3.05) is 13.7 Å². The van der Waals surface area contributed by atoms with Crippen LogP contribution in [0.4, 0.5) is 0 Å². The van der Waals surface area contributed by atoms with Crippen molar-refractivity contribution in [2.24, 2.45) is 4.99 Å². The van der Waals surface area contributed by atoms with Crippen molar-refractivity contribution in [2.45, 2.75) is 46.4 Å². The Morgan fingerprint density at radius 2 is 1.91 bits per heavy atom. The first-order valence-electron chi connectivity index (χ1n) is 14.7. The number of carbonyl (C=O) groups excluding carboxylic acids is 1. The number of hydrogen-bond donors (Lipinski definition) is 0. The number of esters is 1. The molecule has 1 atom stereocenters. The number of nitrogens with zero attached hydrogens (tertiary/aromatic N) is 3. The molecule has 0 saturated heterocycles. The van der Waals surface area contributed by atoms with E-state index in [1.165, 1.54) is 11.3 Å². The summed E-state index contributed by atoms with van der Waals surface area (Å²) in [5.74, 6) is 1.17. The molecule has 0 radical (unpaired) electrons. The minimum atomic E-state index is -0.792. The molecule has 0 fully saturated rings. The fourth-order valence-corrected chi connectivity index (χ4v) is 7.91. The second-order valence-corrected chi connectivity index (χ2v) is 13.8. The molecule has 0 N–H and O–H groups in total. The van der Waals surface area contributed by atoms with Gasteiger partial charge >= 0.3 is 5.97 Å². The van der Waals surface area contributed by atoms with Gasteiger partial charge in [-0.05, 0) is 125 Å². The van der Waals surface area contributed by atoms with Gasteiger partial charge in [0, 0.05) is 0 Å². The molecule has 0 aliphatic carbocycles. The Morgan fingerprint density at radius 1 is 1.17 bits per heavy atom. The van der Waals surface area contributed by atoms with Crippen molar-refractivity contribution >= 4 is 61.9 Å². The number of rotatable bonds is 10. The average Bonchev–Trinajstić information content (AvgIpc) is 3.33. The van der Waals surface area contributed by atoms with Crippen molar-refractivity contribution in [1.82, 2.24) is 4.57 Å². The summed E-state index contributed by atoms with van der Waals surface area (Å²) < 4.78 is 26.6. The molecular weight excluding hydrogens is 797 g/mol. The average molecular weight is 829 g/mol. The van der Waals surface area contributed by atoms with E-state index in [2.05, 4.69) is 49.6 Å². The van der Waals surface area contributed by atoms with E-state index in [0.29, 0.717) is 50.0 Å². The van der Waals surface area contributed by atoms with Crippen molar-refractivity contribution in [3.8, 4) is 23.3 Å². The van der Waals surface area contributed by atoms with E-state index in [1.807, 2.05) is 50.3 Å². The number of ether oxygens (including phenoxy) is 4. The molecule has 5 rings (SSSR count). The van der Waals surface area contributed by atoms with Crippen LogP contribution < -0.4 is 29.1 Å². The summed E-state index contributed by atoms with van der Waals surface area (Å²) in [7, 11) is 1.55. The molecule has 0 saturated carbocycles. The number of allylic oxidation sites excluding steroid dienone is 1. The molecule has 3 aromatic carbocycles. The number of fused-ring (bicyclic) bond motifs is 1. The summed E-state index contributed by atoms with van der Waals surface area (Å²) >= 11 is 7.09. The molecule has 1 aliphatic rings. The van der Waals surface area contributed by atoms with Crippen LogP contribution in [0.1, 0.15) is 56.0 Å². The molecule has 0 amide bonds. The van der Waals surface area contributed by atoms with Crippen molar-refractivity contribution < 1.29 is 23.7 Å². The number of halogens is 2. The molecule has 47 heavy (non-hydrogen) atoms. The SMILES string of the molecule is CCOC(=O)C1=C(C)N=c2s/c(=C/c3cc(Br)c(OCc4ccc(C#N)cc4)c(I)c3)c(=O)n2[C@@H]1c1ccc(OC(C)C)c(OC)c1. The zero-order chi connectivity index (χ0) is 33.8. The predicted molar refractivity (Wildman–Crippen MR) is 192 cm³/mol. The van der Waals surface area contributed by atoms with E-state index >= 15 is 0 Å². The lowest BCUT2D eigenvalue weighted by molar-refractivity contribution is -0.139. The highest BCUT2D eigenvalue weighted by atomic mass is 127. The van der Waals surface area contributed by atoms with Gasteiger partial charge < -0.3 is 18.9 Å². The lowest BCUT2D eigenvalue weighted by atomic mass is 9.95. The third kappa shape index (κ3) is 7.47. The third-order valence-electron chi connectivity index (χ3n) is 7.17. The fourth-order valence-electron chi connectivity index (χ4n) is 5.10. The Bertz CT molecular complexity index is 2070. The molecule has 1 aromatic heterocycles. The lowest BCUT2D eigenvalue weighted by Gasteiger charge is -2.25. The van der Waals surface area contributed by atoms with Gasteiger partial charge in [0.15, 0.2) is 16.3 Å². The van der Waals surface area contributed by atoms with Gasteiger partial charge in [-0.2, -0.15) is 5.26 Å². The summed E-state index contributed by atoms with van der Waals surface area (Å²) in [5.41, 5.74) is 3.43. The van der Waals surface area contributed by atoms with Crippen LogP contribution >= 0.6 is 49.9 Å². The van der Waals surface area contributed by atoms with Crippen LogP contribution in [0, 0.1) is 14.9 Å². The van der Waals surface area contributed by atoms with E-state index < -0.39 is 12.0 Å². The topological polar surface area (TPSA) is 112 Å². The maximum Gasteiger partial charge on any atom is 0.338 e. The van der Waals surface area contributed by atoms with Crippen LogP contribution in [0.5, 0.6) is 17.2 Å². The number of methoxy groups -OCH3 is 1. The Hall–Kier alpha value is -3.93. The van der Waals surface area contributed by atoms with Crippen molar-refractivity contribution in [3.63, 3.8) is 0 Å². The highest BCUT2D eigenvalue weighted by molar-refractivity contribution is 14.1. The number of thiazole rings is 1. The maximum absolute atomic E-state index is 14.1. The first kappa shape index (κ1) is 34.4. The number of hydrogen-bond acceptors (Lipinski definition) is 9. The van der Waals surface area contributed by atoms with Gasteiger partial charge in [0.05, 0.1) is 61.3 Å². The first-order valence-corrected chi connectivity index (χ1v) is 17.4. The van der Waals surface area contributed by atoms with Crippen molar-refractivity contribution in [1.29, 1.82) is 5.26 Å². The van der Waals surface area contributed by atoms with Gasteiger partial charge in [-0.3, -0.25) is 9.36 Å². The number of carbonyl (C=O) groups is 1. The second kappa shape index (κ2) is 14.9. The third-order valence-corrected chi connectivity index (χ3v) is 9.54. The largest absolute Gasteiger partial charge is 0.493 e. The summed E-state index contributed by atoms with van der Waals surface area (Å²) in [4.78, 5) is 32.6. The molecule has 1 aliphatic heterocycles. The van der Waals surface area contributed by atoms with Gasteiger partial charge in [-0.25, -0.2) is 9.79 Å². The van der Waals surface area contributed by atoms with E-state index in [4.69, 9.17) is 24.2 Å². The highest BCUT2D eigenvalue weighted by Crippen LogP contribution is 2.37. The van der Waals surface area contributed by atoms with E-state index in [9.17, 15) is 9.59 Å². The zero-order valence-electron chi connectivity index (χ0n) is 26.3. The quantitative estimate of drug-likeness (QED) is 0.134. The van der Waals surface area contributed by atoms with Gasteiger partial charge in [-0.1, -0.05) is 29.5 Å². The smallest absolute Gasteiger partial charge is 0.338 e. The van der Waals surface area contributed by atoms with Crippen LogP contribution in [0.15, 0.2) is 80.1 Å². The minimum absolute atomic E-state index is 0.0732. The summed E-state index contributed by atoms with van der Waals surface area (Å²) in [6, 6.07) is 17.8. The van der Waals surface area contributed by atoms with Crippen LogP contribution in [0.2, 0.25) is 0 Å². The number of benzene rings is 3. The molecule has 9 nitrogen and oxygen atoms in total. The van der Waals surface area contributed by atoms with E-state index in [-0.39, 0.29) is 23.8 Å². The molecule has 0 bridgehead atoms. The van der Waals surface area contributed by atoms with E-state index in [1.54, 1.807) is 49.8 Å². The standard InChI is InChI=1S/C35H31BrIN3O6S/c1-6-44-34(42)30-20(4)39-35-40(31(30)24-11-12-27(46-19(2)3)28(16-24)43-5)33(41)29(47-35)15-23-13-25(36)32(26(37)14-23)45-18-22-9-7-21(17-38)8-10-22/h7-16,19,31H,6,18H2,1-5H3/b29-15+/t31-/m1/s1. The van der Waals surface area contributed by atoms with Gasteiger partial charge in [0.25, 0.3) is 5.56 Å². The molecule has 0 spiro atoms. The Labute approximate surface area is 298 Å². The molecule has 2 heterocycles. The van der Waals surface area contributed by atoms with Crippen LogP contribution in [-0.2, 0) is 16.1 Å². The molecule has 0 unspecified atom stereocenters. The Kier molecular flexibility index (Phi) is 10.9. The fraction of sp³-hybridized carbons (Fsp3) is 0.257. The van der Waals surface area contributed by atoms with Crippen molar-refractivity contribution in [3.05, 3.63) is 116 Å². The van der Waals surface area contributed by atoms with Gasteiger partial charge in [0.1, 0.15) is 12.4 Å². The Morgan fingerprint density at radius 3 is 2.55 bits per heavy atom. The minimum Gasteiger partial charge on any atom is -0.493 e. The highest BCUT2D eigenvalue weighted by Gasteiger charge is 2.34. The predicted octanol–water partition coefficient (Wildman–Crippen LogP) is 6.41. The summed E-state index contributed by atoms with van der Waals surface area (Å²) in [6.45, 7) is 7.84. The second-order valence-electron chi connectivity index (χ2n) is 10.8. The summed E-state index contributed by atoms with van der Waals surface area (Å²) in [6.07, 6.45) is 1.73. The van der Waals surface area contributed by atoms with Gasteiger partial charge in [-0.15, -0.1) is 0 Å². The molecule has 4 aromatic rings. The molecular formula is C35H31BrIN3O6S. The maximum atomic E-state index is 14.1.